The van der Waals surface area contributed by atoms with Gasteiger partial charge in [0.15, 0.2) is 5.69 Å². The van der Waals surface area contributed by atoms with E-state index in [2.05, 4.69) is 20.2 Å². The van der Waals surface area contributed by atoms with Crippen LogP contribution in [0.2, 0.25) is 5.02 Å². The molecular formula is C17H19ClN4O2. The van der Waals surface area contributed by atoms with Crippen LogP contribution in [0.1, 0.15) is 29.8 Å². The second-order valence-electron chi connectivity index (χ2n) is 5.60. The van der Waals surface area contributed by atoms with Crippen LogP contribution >= 0.6 is 11.6 Å². The van der Waals surface area contributed by atoms with Gasteiger partial charge in [-0.05, 0) is 43.5 Å². The molecule has 1 amide bonds. The Morgan fingerprint density at radius 2 is 1.92 bits per heavy atom. The molecule has 7 heteroatoms. The first-order chi connectivity index (χ1) is 11.7. The third kappa shape index (κ3) is 3.76. The Kier molecular flexibility index (Phi) is 5.15. The fourth-order valence-electron chi connectivity index (χ4n) is 2.63. The van der Waals surface area contributed by atoms with E-state index in [-0.39, 0.29) is 16.6 Å². The standard InChI is InChI=1S/C17H19ClN4O2/c1-24-13-7-5-12(6-8-13)20-16(23)15-14(18)11-19-17(21-15)22-9-3-2-4-10-22/h5-8,11H,2-4,9-10H2,1H3,(H,20,23). The van der Waals surface area contributed by atoms with E-state index in [0.717, 1.165) is 31.7 Å². The molecule has 24 heavy (non-hydrogen) atoms. The van der Waals surface area contributed by atoms with Gasteiger partial charge in [0, 0.05) is 18.8 Å². The van der Waals surface area contributed by atoms with Crippen molar-refractivity contribution in [3.63, 3.8) is 0 Å². The summed E-state index contributed by atoms with van der Waals surface area (Å²) in [6, 6.07) is 7.07. The second-order valence-corrected chi connectivity index (χ2v) is 6.00. The molecule has 0 aliphatic carbocycles. The summed E-state index contributed by atoms with van der Waals surface area (Å²) in [6.45, 7) is 1.81. The maximum absolute atomic E-state index is 12.5. The van der Waals surface area contributed by atoms with E-state index in [4.69, 9.17) is 16.3 Å². The second kappa shape index (κ2) is 7.49. The van der Waals surface area contributed by atoms with Crippen molar-refractivity contribution in [3.8, 4) is 5.75 Å². The van der Waals surface area contributed by atoms with Crippen LogP contribution in [0.25, 0.3) is 0 Å². The fourth-order valence-corrected chi connectivity index (χ4v) is 2.80. The van der Waals surface area contributed by atoms with Gasteiger partial charge in [-0.15, -0.1) is 0 Å². The van der Waals surface area contributed by atoms with Crippen LogP contribution in [-0.4, -0.2) is 36.1 Å². The lowest BCUT2D eigenvalue weighted by Gasteiger charge is -2.26. The van der Waals surface area contributed by atoms with Crippen molar-refractivity contribution in [2.75, 3.05) is 30.4 Å². The van der Waals surface area contributed by atoms with Crippen LogP contribution in [0.3, 0.4) is 0 Å². The third-order valence-corrected chi connectivity index (χ3v) is 4.21. The number of halogens is 1. The molecule has 1 aromatic heterocycles. The van der Waals surface area contributed by atoms with Gasteiger partial charge in [0.1, 0.15) is 5.75 Å². The number of amides is 1. The number of hydrogen-bond acceptors (Lipinski definition) is 5. The van der Waals surface area contributed by atoms with Gasteiger partial charge < -0.3 is 15.0 Å². The van der Waals surface area contributed by atoms with Gasteiger partial charge in [-0.2, -0.15) is 0 Å². The molecular weight excluding hydrogens is 328 g/mol. The van der Waals surface area contributed by atoms with Crippen LogP contribution in [0, 0.1) is 0 Å². The first kappa shape index (κ1) is 16.5. The molecule has 0 bridgehead atoms. The zero-order valence-electron chi connectivity index (χ0n) is 13.5. The largest absolute Gasteiger partial charge is 0.497 e. The third-order valence-electron chi connectivity index (χ3n) is 3.93. The Morgan fingerprint density at radius 3 is 2.58 bits per heavy atom. The van der Waals surface area contributed by atoms with Crippen LogP contribution in [0.15, 0.2) is 30.5 Å². The SMILES string of the molecule is COc1ccc(NC(=O)c2nc(N3CCCCC3)ncc2Cl)cc1. The number of carbonyl (C=O) groups excluding carboxylic acids is 1. The molecule has 0 saturated carbocycles. The number of hydrogen-bond donors (Lipinski definition) is 1. The van der Waals surface area contributed by atoms with E-state index in [1.54, 1.807) is 31.4 Å². The van der Waals surface area contributed by atoms with Crippen molar-refractivity contribution in [1.82, 2.24) is 9.97 Å². The van der Waals surface area contributed by atoms with Crippen molar-refractivity contribution in [2.24, 2.45) is 0 Å². The van der Waals surface area contributed by atoms with Crippen molar-refractivity contribution < 1.29 is 9.53 Å². The molecule has 1 aliphatic heterocycles. The first-order valence-corrected chi connectivity index (χ1v) is 8.28. The number of nitrogens with zero attached hydrogens (tertiary/aromatic N) is 3. The highest BCUT2D eigenvalue weighted by Gasteiger charge is 2.19. The zero-order chi connectivity index (χ0) is 16.9. The van der Waals surface area contributed by atoms with Crippen molar-refractivity contribution in [1.29, 1.82) is 0 Å². The van der Waals surface area contributed by atoms with Crippen LogP contribution in [0.5, 0.6) is 5.75 Å². The van der Waals surface area contributed by atoms with Crippen LogP contribution in [-0.2, 0) is 0 Å². The number of ether oxygens (including phenoxy) is 1. The molecule has 0 unspecified atom stereocenters. The Bertz CT molecular complexity index is 715. The molecule has 1 fully saturated rings. The number of aromatic nitrogens is 2. The molecule has 1 saturated heterocycles. The van der Waals surface area contributed by atoms with Crippen LogP contribution in [0.4, 0.5) is 11.6 Å². The quantitative estimate of drug-likeness (QED) is 0.919. The van der Waals surface area contributed by atoms with Gasteiger partial charge in [0.25, 0.3) is 5.91 Å². The predicted octanol–water partition coefficient (Wildman–Crippen LogP) is 3.38. The topological polar surface area (TPSA) is 67.3 Å². The van der Waals surface area contributed by atoms with Gasteiger partial charge in [0.2, 0.25) is 5.95 Å². The summed E-state index contributed by atoms with van der Waals surface area (Å²) in [5, 5.41) is 3.03. The molecule has 0 atom stereocenters. The van der Waals surface area contributed by atoms with Crippen molar-refractivity contribution in [3.05, 3.63) is 41.2 Å². The number of anilines is 2. The highest BCUT2D eigenvalue weighted by molar-refractivity contribution is 6.34. The van der Waals surface area contributed by atoms with E-state index < -0.39 is 0 Å². The fraction of sp³-hybridized carbons (Fsp3) is 0.353. The molecule has 126 valence electrons. The lowest BCUT2D eigenvalue weighted by atomic mass is 10.1. The zero-order valence-corrected chi connectivity index (χ0v) is 14.2. The lowest BCUT2D eigenvalue weighted by molar-refractivity contribution is 0.102. The molecule has 0 radical (unpaired) electrons. The lowest BCUT2D eigenvalue weighted by Crippen LogP contribution is -2.31. The van der Waals surface area contributed by atoms with Crippen molar-refractivity contribution >= 4 is 29.1 Å². The maximum atomic E-state index is 12.5. The minimum Gasteiger partial charge on any atom is -0.497 e. The molecule has 3 rings (SSSR count). The average Bonchev–Trinajstić information content (AvgIpc) is 2.63. The molecule has 1 aliphatic rings. The number of methoxy groups -OCH3 is 1. The predicted molar refractivity (Wildman–Crippen MR) is 94.1 cm³/mol. The van der Waals surface area contributed by atoms with E-state index >= 15 is 0 Å². The highest BCUT2D eigenvalue weighted by Crippen LogP contribution is 2.21. The van der Waals surface area contributed by atoms with Gasteiger partial charge in [0.05, 0.1) is 18.3 Å². The summed E-state index contributed by atoms with van der Waals surface area (Å²) < 4.78 is 5.10. The monoisotopic (exact) mass is 346 g/mol. The summed E-state index contributed by atoms with van der Waals surface area (Å²) in [5.41, 5.74) is 0.832. The summed E-state index contributed by atoms with van der Waals surface area (Å²) in [5.74, 6) is 0.922. The Morgan fingerprint density at radius 1 is 1.21 bits per heavy atom. The first-order valence-electron chi connectivity index (χ1n) is 7.90. The molecule has 1 aromatic carbocycles. The molecule has 2 aromatic rings. The Hall–Kier alpha value is -2.34. The van der Waals surface area contributed by atoms with Gasteiger partial charge in [-0.3, -0.25) is 4.79 Å². The van der Waals surface area contributed by atoms with E-state index in [9.17, 15) is 4.79 Å². The van der Waals surface area contributed by atoms with E-state index in [1.165, 1.54) is 12.6 Å². The maximum Gasteiger partial charge on any atom is 0.276 e. The molecule has 0 spiro atoms. The van der Waals surface area contributed by atoms with E-state index in [0.29, 0.717) is 11.6 Å². The average molecular weight is 347 g/mol. The Labute approximate surface area is 145 Å². The molecule has 1 N–H and O–H groups in total. The smallest absolute Gasteiger partial charge is 0.276 e. The summed E-state index contributed by atoms with van der Waals surface area (Å²) in [4.78, 5) is 23.2. The number of carbonyl (C=O) groups is 1. The summed E-state index contributed by atoms with van der Waals surface area (Å²) in [6.07, 6.45) is 4.93. The summed E-state index contributed by atoms with van der Waals surface area (Å²) >= 11 is 6.12. The highest BCUT2D eigenvalue weighted by atomic mass is 35.5. The summed E-state index contributed by atoms with van der Waals surface area (Å²) in [7, 11) is 1.59. The number of rotatable bonds is 4. The Balaban J connectivity index is 1.77. The number of piperidine rings is 1. The van der Waals surface area contributed by atoms with Gasteiger partial charge in [-0.25, -0.2) is 9.97 Å². The van der Waals surface area contributed by atoms with E-state index in [1.807, 2.05) is 0 Å². The number of nitrogens with one attached hydrogen (secondary N) is 1. The van der Waals surface area contributed by atoms with Gasteiger partial charge >= 0.3 is 0 Å². The van der Waals surface area contributed by atoms with Crippen molar-refractivity contribution in [2.45, 2.75) is 19.3 Å². The van der Waals surface area contributed by atoms with Gasteiger partial charge in [-0.1, -0.05) is 11.6 Å². The normalized spacial score (nSPS) is 14.3. The molecule has 2 heterocycles. The minimum atomic E-state index is -0.356. The van der Waals surface area contributed by atoms with Crippen LogP contribution < -0.4 is 15.0 Å². The minimum absolute atomic E-state index is 0.183. The molecule has 6 nitrogen and oxygen atoms in total. The number of benzene rings is 1.